The number of hydrogen-bond acceptors (Lipinski definition) is 2. The van der Waals surface area contributed by atoms with Crippen molar-refractivity contribution >= 4 is 15.2 Å². The van der Waals surface area contributed by atoms with Crippen LogP contribution < -0.4 is 0 Å². The molecule has 23 heteroatoms. The molecule has 0 spiro atoms. The molecule has 0 amide bonds. The molecule has 3 aromatic carbocycles. The highest BCUT2D eigenvalue weighted by Crippen LogP contribution is 2.73. The third-order valence-electron chi connectivity index (χ3n) is 8.24. The predicted molar refractivity (Wildman–Crippen MR) is 132 cm³/mol. The van der Waals surface area contributed by atoms with Crippen molar-refractivity contribution in [2.45, 2.75) is 41.8 Å². The average Bonchev–Trinajstić information content (AvgIpc) is 3.02. The van der Waals surface area contributed by atoms with Gasteiger partial charge in [0.25, 0.3) is 0 Å². The standard InChI is InChI=1S/C27H12BF19O2Si/c1-50(2,3)24-22(44)23(45)25(28(48)49,4-7(29)13(35)19(41)14(36)8(4)30)27(47,6-11(33)17(39)21(43)18(40)12(6)34)26(24,46)5-9(31)15(37)20(42)16(38)10(5)32/h24,48-49H,1-3H3. The summed E-state index contributed by atoms with van der Waals surface area (Å²) >= 11 is 0. The van der Waals surface area contributed by atoms with Crippen molar-refractivity contribution in [3.63, 3.8) is 0 Å². The van der Waals surface area contributed by atoms with Crippen LogP contribution in [-0.4, -0.2) is 25.2 Å². The Hall–Kier alpha value is -3.73. The maximum atomic E-state index is 18.6. The van der Waals surface area contributed by atoms with E-state index in [4.69, 9.17) is 0 Å². The Morgan fingerprint density at radius 2 is 0.700 bits per heavy atom. The third-order valence-corrected chi connectivity index (χ3v) is 10.6. The van der Waals surface area contributed by atoms with Crippen LogP contribution in [0, 0.1) is 87.3 Å². The van der Waals surface area contributed by atoms with Crippen molar-refractivity contribution in [2.24, 2.45) is 0 Å². The van der Waals surface area contributed by atoms with Gasteiger partial charge in [0, 0.05) is 11.1 Å². The average molecular weight is 768 g/mol. The van der Waals surface area contributed by atoms with E-state index in [9.17, 15) is 49.6 Å². The van der Waals surface area contributed by atoms with E-state index >= 15 is 43.9 Å². The second kappa shape index (κ2) is 11.9. The first-order valence-electron chi connectivity index (χ1n) is 13.0. The molecule has 4 unspecified atom stereocenters. The van der Waals surface area contributed by atoms with E-state index in [2.05, 4.69) is 0 Å². The maximum Gasteiger partial charge on any atom is 0.474 e. The summed E-state index contributed by atoms with van der Waals surface area (Å²) in [5.74, 6) is -60.2. The topological polar surface area (TPSA) is 40.5 Å². The number of alkyl halides is 2. The van der Waals surface area contributed by atoms with Gasteiger partial charge in [-0.15, -0.1) is 0 Å². The van der Waals surface area contributed by atoms with Crippen LogP contribution in [0.4, 0.5) is 83.4 Å². The number of halogens is 19. The van der Waals surface area contributed by atoms with Crippen LogP contribution >= 0.6 is 0 Å². The van der Waals surface area contributed by atoms with Crippen molar-refractivity contribution < 1.29 is 93.5 Å². The second-order valence-corrected chi connectivity index (χ2v) is 17.2. The van der Waals surface area contributed by atoms with Gasteiger partial charge in [-0.2, -0.15) is 0 Å². The molecule has 2 N–H and O–H groups in total. The largest absolute Gasteiger partial charge is 0.474 e. The van der Waals surface area contributed by atoms with Crippen LogP contribution in [0.5, 0.6) is 0 Å². The molecule has 2 nitrogen and oxygen atoms in total. The number of rotatable bonds is 5. The van der Waals surface area contributed by atoms with Crippen molar-refractivity contribution in [1.82, 2.24) is 0 Å². The lowest BCUT2D eigenvalue weighted by atomic mass is 9.39. The minimum absolute atomic E-state index is 0.505. The fourth-order valence-corrected chi connectivity index (χ4v) is 8.71. The van der Waals surface area contributed by atoms with Crippen molar-refractivity contribution in [2.75, 3.05) is 0 Å². The first-order chi connectivity index (χ1) is 22.7. The van der Waals surface area contributed by atoms with Gasteiger partial charge in [0.2, 0.25) is 17.5 Å². The molecular weight excluding hydrogens is 756 g/mol. The lowest BCUT2D eigenvalue weighted by Gasteiger charge is -2.58. The lowest BCUT2D eigenvalue weighted by molar-refractivity contribution is -0.115. The number of benzene rings is 3. The molecule has 0 aromatic heterocycles. The minimum Gasteiger partial charge on any atom is -0.426 e. The van der Waals surface area contributed by atoms with Crippen molar-refractivity contribution in [3.05, 3.63) is 116 Å². The Balaban J connectivity index is 2.65. The van der Waals surface area contributed by atoms with Gasteiger partial charge in [-0.25, -0.2) is 83.4 Å². The molecule has 4 rings (SSSR count). The highest BCUT2D eigenvalue weighted by Gasteiger charge is 2.84. The van der Waals surface area contributed by atoms with E-state index < -0.39 is 153 Å². The zero-order valence-corrected chi connectivity index (χ0v) is 25.2. The normalized spacial score (nSPS) is 24.4. The SMILES string of the molecule is C[Si](C)(C)C1C(F)=C(F)C(B(O)O)(c2c(F)c(F)c(F)c(F)c2F)C(F)(c2c(F)c(F)c(F)c(F)c2F)C1(F)c1c(F)c(F)c(F)c(F)c1F. The van der Waals surface area contributed by atoms with Crippen LogP contribution in [0.3, 0.4) is 0 Å². The molecule has 272 valence electrons. The second-order valence-electron chi connectivity index (χ2n) is 11.8. The summed E-state index contributed by atoms with van der Waals surface area (Å²) < 4.78 is 293. The quantitative estimate of drug-likeness (QED) is 0.118. The van der Waals surface area contributed by atoms with Crippen LogP contribution in [0.1, 0.15) is 16.7 Å². The van der Waals surface area contributed by atoms with Gasteiger partial charge in [-0.1, -0.05) is 19.6 Å². The molecule has 50 heavy (non-hydrogen) atoms. The molecule has 3 aromatic rings. The fourth-order valence-electron chi connectivity index (χ4n) is 6.28. The predicted octanol–water partition coefficient (Wildman–Crippen LogP) is 8.63. The highest BCUT2D eigenvalue weighted by molar-refractivity contribution is 6.78. The third kappa shape index (κ3) is 4.46. The van der Waals surface area contributed by atoms with Crippen LogP contribution in [0.2, 0.25) is 25.2 Å². The van der Waals surface area contributed by atoms with Gasteiger partial charge in [0.15, 0.2) is 81.1 Å². The molecule has 0 saturated heterocycles. The van der Waals surface area contributed by atoms with Gasteiger partial charge in [-0.3, -0.25) is 0 Å². The summed E-state index contributed by atoms with van der Waals surface area (Å²) in [6, 6.07) is 0. The van der Waals surface area contributed by atoms with Crippen LogP contribution in [-0.2, 0) is 16.7 Å². The summed E-state index contributed by atoms with van der Waals surface area (Å²) in [6.07, 6.45) is 0. The molecule has 4 atom stereocenters. The van der Waals surface area contributed by atoms with Gasteiger partial charge in [-0.05, 0) is 0 Å². The van der Waals surface area contributed by atoms with Crippen LogP contribution in [0.25, 0.3) is 0 Å². The minimum atomic E-state index is -6.85. The molecular formula is C27H12BF19O2Si. The van der Waals surface area contributed by atoms with Gasteiger partial charge < -0.3 is 10.0 Å². The zero-order chi connectivity index (χ0) is 38.7. The molecule has 0 saturated carbocycles. The highest BCUT2D eigenvalue weighted by atomic mass is 28.3. The molecule has 0 fully saturated rings. The van der Waals surface area contributed by atoms with Gasteiger partial charge in [0.1, 0.15) is 17.0 Å². The summed E-state index contributed by atoms with van der Waals surface area (Å²) in [5, 5.41) is 14.4. The molecule has 0 bridgehead atoms. The Morgan fingerprint density at radius 3 is 0.980 bits per heavy atom. The fraction of sp³-hybridized carbons (Fsp3) is 0.259. The van der Waals surface area contributed by atoms with Crippen molar-refractivity contribution in [3.8, 4) is 0 Å². The molecule has 0 radical (unpaired) electrons. The first-order valence-corrected chi connectivity index (χ1v) is 16.6. The smallest absolute Gasteiger partial charge is 0.426 e. The lowest BCUT2D eigenvalue weighted by Crippen LogP contribution is -2.71. The van der Waals surface area contributed by atoms with E-state index in [1.165, 1.54) is 0 Å². The first kappa shape index (κ1) is 39.1. The summed E-state index contributed by atoms with van der Waals surface area (Å²) in [5.41, 5.74) is -28.2. The van der Waals surface area contributed by atoms with E-state index in [1.54, 1.807) is 0 Å². The molecule has 0 aliphatic heterocycles. The molecule has 0 heterocycles. The van der Waals surface area contributed by atoms with E-state index in [1.807, 2.05) is 0 Å². The Morgan fingerprint density at radius 1 is 0.440 bits per heavy atom. The molecule has 1 aliphatic carbocycles. The number of allylic oxidation sites excluding steroid dienone is 2. The van der Waals surface area contributed by atoms with E-state index in [0.29, 0.717) is 19.6 Å². The van der Waals surface area contributed by atoms with E-state index in [0.717, 1.165) is 0 Å². The van der Waals surface area contributed by atoms with Crippen molar-refractivity contribution in [1.29, 1.82) is 0 Å². The van der Waals surface area contributed by atoms with E-state index in [-0.39, 0.29) is 0 Å². The monoisotopic (exact) mass is 768 g/mol. The summed E-state index contributed by atoms with van der Waals surface area (Å²) in [6.45, 7) is 1.51. The molecule has 1 aliphatic rings. The number of hydrogen-bond donors (Lipinski definition) is 2. The Kier molecular flexibility index (Phi) is 9.31. The summed E-state index contributed by atoms with van der Waals surface area (Å²) in [4.78, 5) is 0. The maximum absolute atomic E-state index is 18.6. The van der Waals surface area contributed by atoms with Crippen LogP contribution in [0.15, 0.2) is 11.7 Å². The van der Waals surface area contributed by atoms with Gasteiger partial charge >= 0.3 is 7.12 Å². The zero-order valence-electron chi connectivity index (χ0n) is 24.2. The summed E-state index contributed by atoms with van der Waals surface area (Å²) in [7, 11) is -9.85. The van der Waals surface area contributed by atoms with Gasteiger partial charge in [0.05, 0.1) is 19.2 Å². The Labute approximate surface area is 266 Å². The Bertz CT molecular complexity index is 1930.